The molecule has 0 aromatic heterocycles. The van der Waals surface area contributed by atoms with E-state index in [4.69, 9.17) is 16.1 Å². The maximum atomic E-state index is 8.39. The van der Waals surface area contributed by atoms with Crippen molar-refractivity contribution < 1.29 is 10.4 Å². The van der Waals surface area contributed by atoms with Crippen LogP contribution < -0.4 is 11.2 Å². The maximum absolute atomic E-state index is 8.39. The van der Waals surface area contributed by atoms with Crippen LogP contribution in [0.4, 0.5) is 0 Å². The molecule has 0 aromatic carbocycles. The van der Waals surface area contributed by atoms with E-state index in [0.717, 1.165) is 37.8 Å². The van der Waals surface area contributed by atoms with Gasteiger partial charge in [0.05, 0.1) is 5.71 Å². The first-order valence-corrected chi connectivity index (χ1v) is 5.08. The molecule has 0 radical (unpaired) electrons. The largest absolute Gasteiger partial charge is 0.411 e. The summed E-state index contributed by atoms with van der Waals surface area (Å²) in [7, 11) is 0. The summed E-state index contributed by atoms with van der Waals surface area (Å²) < 4.78 is 0. The summed E-state index contributed by atoms with van der Waals surface area (Å²) >= 11 is 0. The first kappa shape index (κ1) is 13.7. The molecule has 6 heteroatoms. The number of unbranched alkanes of at least 4 members (excludes halogenated alkanes) is 3. The van der Waals surface area contributed by atoms with Gasteiger partial charge in [0, 0.05) is 6.54 Å². The number of nitrogens with two attached hydrogens (primary N) is 1. The van der Waals surface area contributed by atoms with Crippen LogP contribution in [-0.2, 0) is 0 Å². The summed E-state index contributed by atoms with van der Waals surface area (Å²) in [5, 5.41) is 19.8. The summed E-state index contributed by atoms with van der Waals surface area (Å²) in [6.45, 7) is 2.42. The Morgan fingerprint density at radius 1 is 1.27 bits per heavy atom. The first-order valence-electron chi connectivity index (χ1n) is 5.08. The van der Waals surface area contributed by atoms with Gasteiger partial charge >= 0.3 is 0 Å². The molecule has 0 atom stereocenters. The van der Waals surface area contributed by atoms with Crippen LogP contribution in [0.25, 0.3) is 0 Å². The predicted octanol–water partition coefficient (Wildman–Crippen LogP) is 1.08. The number of nitrogens with one attached hydrogen (secondary N) is 1. The topological polar surface area (TPSA) is 103 Å². The summed E-state index contributed by atoms with van der Waals surface area (Å²) in [4.78, 5) is 3.86. The molecule has 5 N–H and O–H groups in total. The fourth-order valence-corrected chi connectivity index (χ4v) is 1.13. The monoisotopic (exact) mass is 216 g/mol. The van der Waals surface area contributed by atoms with Crippen LogP contribution in [-0.4, -0.2) is 28.6 Å². The third kappa shape index (κ3) is 9.01. The lowest BCUT2D eigenvalue weighted by molar-refractivity contribution is 0.232. The minimum Gasteiger partial charge on any atom is -0.411 e. The SMILES string of the molecule is CC(CCCCCCN=C(N)NO)=NO. The quantitative estimate of drug-likeness (QED) is 0.168. The standard InChI is InChI=1S/C9H20N4O2/c1-8(12-14)6-4-2-3-5-7-11-9(10)13-15/h14-15H,2-7H2,1H3,(H3,10,11,13). The Hall–Kier alpha value is -1.30. The van der Waals surface area contributed by atoms with E-state index in [-0.39, 0.29) is 5.96 Å². The van der Waals surface area contributed by atoms with Gasteiger partial charge in [0.15, 0.2) is 0 Å². The van der Waals surface area contributed by atoms with Gasteiger partial charge in [-0.3, -0.25) is 10.2 Å². The highest BCUT2D eigenvalue weighted by Gasteiger charge is 1.93. The smallest absolute Gasteiger partial charge is 0.212 e. The number of hydrogen-bond acceptors (Lipinski definition) is 4. The van der Waals surface area contributed by atoms with E-state index < -0.39 is 0 Å². The maximum Gasteiger partial charge on any atom is 0.212 e. The molecule has 0 aliphatic rings. The number of oxime groups is 1. The second-order valence-corrected chi connectivity index (χ2v) is 3.38. The molecule has 88 valence electrons. The van der Waals surface area contributed by atoms with Crippen LogP contribution >= 0.6 is 0 Å². The molecule has 0 unspecified atom stereocenters. The fraction of sp³-hybridized carbons (Fsp3) is 0.778. The molecule has 0 amide bonds. The number of aliphatic imine (C=N–C) groups is 1. The van der Waals surface area contributed by atoms with Crippen LogP contribution in [0.3, 0.4) is 0 Å². The molecule has 0 aliphatic carbocycles. The van der Waals surface area contributed by atoms with Crippen molar-refractivity contribution in [2.45, 2.75) is 39.0 Å². The lowest BCUT2D eigenvalue weighted by atomic mass is 10.1. The van der Waals surface area contributed by atoms with Crippen molar-refractivity contribution in [3.05, 3.63) is 0 Å². The molecule has 15 heavy (non-hydrogen) atoms. The minimum absolute atomic E-state index is 0.0539. The molecule has 0 bridgehead atoms. The Balaban J connectivity index is 3.26. The zero-order valence-electron chi connectivity index (χ0n) is 9.11. The molecule has 6 nitrogen and oxygen atoms in total. The van der Waals surface area contributed by atoms with E-state index in [9.17, 15) is 0 Å². The summed E-state index contributed by atoms with van der Waals surface area (Å²) in [6.07, 6.45) is 4.93. The second kappa shape index (κ2) is 9.26. The predicted molar refractivity (Wildman–Crippen MR) is 59.4 cm³/mol. The van der Waals surface area contributed by atoms with Crippen molar-refractivity contribution in [3.8, 4) is 0 Å². The zero-order chi connectivity index (χ0) is 11.5. The number of hydroxylamine groups is 1. The summed E-state index contributed by atoms with van der Waals surface area (Å²) in [5.41, 5.74) is 7.76. The Morgan fingerprint density at radius 3 is 2.53 bits per heavy atom. The molecule has 0 spiro atoms. The molecule has 0 rings (SSSR count). The van der Waals surface area contributed by atoms with Crippen molar-refractivity contribution in [1.29, 1.82) is 0 Å². The minimum atomic E-state index is 0.0539. The van der Waals surface area contributed by atoms with E-state index >= 15 is 0 Å². The molecule has 0 heterocycles. The van der Waals surface area contributed by atoms with Crippen molar-refractivity contribution in [3.63, 3.8) is 0 Å². The van der Waals surface area contributed by atoms with E-state index in [2.05, 4.69) is 10.1 Å². The highest BCUT2D eigenvalue weighted by atomic mass is 16.5. The van der Waals surface area contributed by atoms with Crippen LogP contribution in [0.5, 0.6) is 0 Å². The Morgan fingerprint density at radius 2 is 1.93 bits per heavy atom. The second-order valence-electron chi connectivity index (χ2n) is 3.38. The number of guanidine groups is 1. The summed E-state index contributed by atoms with van der Waals surface area (Å²) in [5.74, 6) is 0.0539. The van der Waals surface area contributed by atoms with Gasteiger partial charge in [-0.1, -0.05) is 18.0 Å². The molecule has 0 fully saturated rings. The number of rotatable bonds is 7. The van der Waals surface area contributed by atoms with Crippen LogP contribution in [0.1, 0.15) is 39.0 Å². The lowest BCUT2D eigenvalue weighted by Gasteiger charge is -2.00. The van der Waals surface area contributed by atoms with Crippen LogP contribution in [0.2, 0.25) is 0 Å². The summed E-state index contributed by atoms with van der Waals surface area (Å²) in [6, 6.07) is 0. The highest BCUT2D eigenvalue weighted by Crippen LogP contribution is 2.04. The molecule has 0 saturated heterocycles. The van der Waals surface area contributed by atoms with Crippen molar-refractivity contribution >= 4 is 11.7 Å². The van der Waals surface area contributed by atoms with Crippen molar-refractivity contribution in [2.24, 2.45) is 15.9 Å². The lowest BCUT2D eigenvalue weighted by Crippen LogP contribution is -2.28. The van der Waals surface area contributed by atoms with Gasteiger partial charge in [0.25, 0.3) is 0 Å². The Kier molecular flexibility index (Phi) is 8.46. The zero-order valence-corrected chi connectivity index (χ0v) is 9.11. The molecule has 0 aromatic rings. The van der Waals surface area contributed by atoms with E-state index in [1.165, 1.54) is 0 Å². The molecular formula is C9H20N4O2. The van der Waals surface area contributed by atoms with Gasteiger partial charge in [-0.2, -0.15) is 0 Å². The Labute approximate surface area is 89.8 Å². The van der Waals surface area contributed by atoms with Crippen LogP contribution in [0, 0.1) is 0 Å². The van der Waals surface area contributed by atoms with E-state index in [1.54, 1.807) is 12.4 Å². The number of hydrogen-bond donors (Lipinski definition) is 4. The van der Waals surface area contributed by atoms with Gasteiger partial charge < -0.3 is 10.9 Å². The Bertz CT molecular complexity index is 216. The molecule has 0 saturated carbocycles. The van der Waals surface area contributed by atoms with Gasteiger partial charge in [-0.15, -0.1) is 0 Å². The van der Waals surface area contributed by atoms with Crippen molar-refractivity contribution in [2.75, 3.05) is 6.54 Å². The average Bonchev–Trinajstić information content (AvgIpc) is 2.26. The van der Waals surface area contributed by atoms with E-state index in [0.29, 0.717) is 6.54 Å². The molecular weight excluding hydrogens is 196 g/mol. The van der Waals surface area contributed by atoms with Gasteiger partial charge in [0.2, 0.25) is 5.96 Å². The normalized spacial score (nSPS) is 12.9. The molecule has 0 aliphatic heterocycles. The van der Waals surface area contributed by atoms with E-state index in [1.807, 2.05) is 0 Å². The first-order chi connectivity index (χ1) is 7.20. The van der Waals surface area contributed by atoms with Gasteiger partial charge in [-0.05, 0) is 26.2 Å². The average molecular weight is 216 g/mol. The highest BCUT2D eigenvalue weighted by molar-refractivity contribution is 5.81. The van der Waals surface area contributed by atoms with Gasteiger partial charge in [-0.25, -0.2) is 5.48 Å². The third-order valence-electron chi connectivity index (χ3n) is 2.01. The van der Waals surface area contributed by atoms with Crippen molar-refractivity contribution in [1.82, 2.24) is 5.48 Å². The van der Waals surface area contributed by atoms with Crippen LogP contribution in [0.15, 0.2) is 10.1 Å². The fourth-order valence-electron chi connectivity index (χ4n) is 1.13. The third-order valence-corrected chi connectivity index (χ3v) is 2.01. The van der Waals surface area contributed by atoms with Gasteiger partial charge in [0.1, 0.15) is 0 Å². The number of nitrogens with zero attached hydrogens (tertiary/aromatic N) is 2.